The number of hydrogen-bond acceptors (Lipinski definition) is 5. The monoisotopic (exact) mass is 532 g/mol. The van der Waals surface area contributed by atoms with Crippen LogP contribution in [-0.2, 0) is 16.0 Å². The Morgan fingerprint density at radius 2 is 1.84 bits per heavy atom. The predicted molar refractivity (Wildman–Crippen MR) is 132 cm³/mol. The summed E-state index contributed by atoms with van der Waals surface area (Å²) in [7, 11) is 1.05. The molecule has 8 nitrogen and oxygen atoms in total. The number of carbonyl (C=O) groups excluding carboxylic acids is 2. The summed E-state index contributed by atoms with van der Waals surface area (Å²) in [5.74, 6) is -0.570. The second kappa shape index (κ2) is 10.2. The van der Waals surface area contributed by atoms with E-state index in [0.29, 0.717) is 28.1 Å². The van der Waals surface area contributed by atoms with E-state index in [4.69, 9.17) is 0 Å². The SMILES string of the molecule is CN(CC(F)(F)F)C(=O)Cc1ccc(NC(=O)C(Nc2nccn3nccc23)C(C2CC2)C2CC2)c(F)c1. The average Bonchev–Trinajstić information content (AvgIpc) is 3.79. The molecular formula is C26H28F4N6O2. The minimum absolute atomic E-state index is 0.0671. The van der Waals surface area contributed by atoms with Gasteiger partial charge in [-0.15, -0.1) is 0 Å². The van der Waals surface area contributed by atoms with Crippen molar-refractivity contribution in [3.63, 3.8) is 0 Å². The van der Waals surface area contributed by atoms with Crippen LogP contribution in [0.4, 0.5) is 29.1 Å². The molecule has 202 valence electrons. The quantitative estimate of drug-likeness (QED) is 0.380. The summed E-state index contributed by atoms with van der Waals surface area (Å²) in [4.78, 5) is 30.7. The second-order valence-corrected chi connectivity index (χ2v) is 10.2. The molecule has 2 amide bonds. The molecule has 1 aromatic carbocycles. The van der Waals surface area contributed by atoms with Crippen LogP contribution in [0.25, 0.3) is 5.52 Å². The molecule has 2 aliphatic rings. The number of nitrogens with one attached hydrogen (secondary N) is 2. The lowest BCUT2D eigenvalue weighted by molar-refractivity contribution is -0.157. The number of hydrogen-bond donors (Lipinski definition) is 2. The molecule has 2 aliphatic carbocycles. The molecule has 5 rings (SSSR count). The minimum atomic E-state index is -4.52. The molecule has 38 heavy (non-hydrogen) atoms. The highest BCUT2D eigenvalue weighted by atomic mass is 19.4. The second-order valence-electron chi connectivity index (χ2n) is 10.2. The van der Waals surface area contributed by atoms with Gasteiger partial charge in [0.2, 0.25) is 11.8 Å². The van der Waals surface area contributed by atoms with Crippen molar-refractivity contribution in [2.75, 3.05) is 24.2 Å². The molecule has 1 atom stereocenters. The molecule has 0 saturated heterocycles. The number of benzene rings is 1. The number of anilines is 2. The summed E-state index contributed by atoms with van der Waals surface area (Å²) < 4.78 is 54.3. The van der Waals surface area contributed by atoms with E-state index >= 15 is 0 Å². The molecule has 0 bridgehead atoms. The van der Waals surface area contributed by atoms with E-state index in [2.05, 4.69) is 20.7 Å². The number of carbonyl (C=O) groups is 2. The first-order chi connectivity index (χ1) is 18.1. The van der Waals surface area contributed by atoms with Gasteiger partial charge in [0.25, 0.3) is 0 Å². The molecule has 1 unspecified atom stereocenters. The zero-order valence-corrected chi connectivity index (χ0v) is 20.7. The molecule has 2 aromatic heterocycles. The van der Waals surface area contributed by atoms with Gasteiger partial charge in [0.1, 0.15) is 23.9 Å². The highest BCUT2D eigenvalue weighted by molar-refractivity contribution is 5.97. The third-order valence-corrected chi connectivity index (χ3v) is 7.11. The standard InChI is InChI=1S/C26H28F4N6O2/c1-35(14-26(28,29)30)21(37)13-15-2-7-19(18(27)12-15)33-25(38)23(22(16-3-4-16)17-5-6-17)34-24-20-8-9-32-36(20)11-10-31-24/h2,7-12,16-17,22-23H,3-6,13-14H2,1H3,(H,31,34)(H,33,38). The Bertz CT molecular complexity index is 1320. The van der Waals surface area contributed by atoms with Crippen LogP contribution in [0, 0.1) is 23.6 Å². The van der Waals surface area contributed by atoms with E-state index in [9.17, 15) is 27.2 Å². The Kier molecular flexibility index (Phi) is 6.97. The van der Waals surface area contributed by atoms with Crippen molar-refractivity contribution < 1.29 is 27.2 Å². The summed E-state index contributed by atoms with van der Waals surface area (Å²) >= 11 is 0. The van der Waals surface area contributed by atoms with Crippen molar-refractivity contribution in [2.24, 2.45) is 17.8 Å². The van der Waals surface area contributed by atoms with Gasteiger partial charge in [-0.3, -0.25) is 9.59 Å². The van der Waals surface area contributed by atoms with E-state index in [0.717, 1.165) is 38.8 Å². The van der Waals surface area contributed by atoms with E-state index in [-0.39, 0.29) is 17.2 Å². The van der Waals surface area contributed by atoms with Crippen LogP contribution in [0.2, 0.25) is 0 Å². The lowest BCUT2D eigenvalue weighted by Gasteiger charge is -2.28. The van der Waals surface area contributed by atoms with Crippen molar-refractivity contribution in [3.05, 3.63) is 54.2 Å². The van der Waals surface area contributed by atoms with Crippen molar-refractivity contribution in [1.82, 2.24) is 19.5 Å². The van der Waals surface area contributed by atoms with Crippen LogP contribution in [0.15, 0.2) is 42.9 Å². The van der Waals surface area contributed by atoms with Crippen LogP contribution in [-0.4, -0.2) is 57.1 Å². The van der Waals surface area contributed by atoms with Crippen molar-refractivity contribution >= 4 is 28.8 Å². The molecule has 2 heterocycles. The Hall–Kier alpha value is -3.70. The molecule has 2 N–H and O–H groups in total. The smallest absolute Gasteiger partial charge is 0.356 e. The van der Waals surface area contributed by atoms with Gasteiger partial charge in [-0.1, -0.05) is 6.07 Å². The molecular weight excluding hydrogens is 504 g/mol. The number of rotatable bonds is 10. The third-order valence-electron chi connectivity index (χ3n) is 7.11. The van der Waals surface area contributed by atoms with Crippen LogP contribution in [0.3, 0.4) is 0 Å². The number of halogens is 4. The van der Waals surface area contributed by atoms with Gasteiger partial charge < -0.3 is 15.5 Å². The third kappa shape index (κ3) is 6.05. The van der Waals surface area contributed by atoms with Gasteiger partial charge >= 0.3 is 6.18 Å². The number of likely N-dealkylation sites (N-methyl/N-ethyl adjacent to an activating group) is 1. The normalized spacial score (nSPS) is 16.5. The van der Waals surface area contributed by atoms with E-state index in [1.807, 2.05) is 0 Å². The van der Waals surface area contributed by atoms with E-state index < -0.39 is 42.8 Å². The lowest BCUT2D eigenvalue weighted by Crippen LogP contribution is -2.43. The van der Waals surface area contributed by atoms with E-state index in [1.165, 1.54) is 12.1 Å². The van der Waals surface area contributed by atoms with E-state index in [1.54, 1.807) is 29.2 Å². The van der Waals surface area contributed by atoms with Gasteiger partial charge in [-0.25, -0.2) is 13.9 Å². The largest absolute Gasteiger partial charge is 0.406 e. The molecule has 12 heteroatoms. The lowest BCUT2D eigenvalue weighted by atomic mass is 9.88. The van der Waals surface area contributed by atoms with Crippen molar-refractivity contribution in [2.45, 2.75) is 44.3 Å². The maximum atomic E-state index is 15.0. The summed E-state index contributed by atoms with van der Waals surface area (Å²) in [6, 6.07) is 4.95. The molecule has 0 spiro atoms. The topological polar surface area (TPSA) is 91.6 Å². The Balaban J connectivity index is 1.32. The number of alkyl halides is 3. The summed E-state index contributed by atoms with van der Waals surface area (Å²) in [5.41, 5.74) is 0.855. The number of aromatic nitrogens is 3. The number of nitrogens with zero attached hydrogens (tertiary/aromatic N) is 4. The molecule has 0 radical (unpaired) electrons. The van der Waals surface area contributed by atoms with Gasteiger partial charge in [-0.05, 0) is 67.2 Å². The van der Waals surface area contributed by atoms with Crippen molar-refractivity contribution in [3.8, 4) is 0 Å². The predicted octanol–water partition coefficient (Wildman–Crippen LogP) is 4.29. The fourth-order valence-corrected chi connectivity index (χ4v) is 4.99. The first-order valence-corrected chi connectivity index (χ1v) is 12.5. The fourth-order valence-electron chi connectivity index (χ4n) is 4.99. The van der Waals surface area contributed by atoms with Gasteiger partial charge in [-0.2, -0.15) is 18.3 Å². The maximum absolute atomic E-state index is 15.0. The summed E-state index contributed by atoms with van der Waals surface area (Å²) in [6.45, 7) is -1.39. The van der Waals surface area contributed by atoms with Gasteiger partial charge in [0.15, 0.2) is 5.82 Å². The highest BCUT2D eigenvalue weighted by Crippen LogP contribution is 2.51. The maximum Gasteiger partial charge on any atom is 0.406 e. The first kappa shape index (κ1) is 25.9. The molecule has 2 saturated carbocycles. The summed E-state index contributed by atoms with van der Waals surface area (Å²) in [5, 5.41) is 10.2. The Morgan fingerprint density at radius 3 is 2.47 bits per heavy atom. The van der Waals surface area contributed by atoms with Crippen LogP contribution < -0.4 is 10.6 Å². The first-order valence-electron chi connectivity index (χ1n) is 12.5. The Morgan fingerprint density at radius 1 is 1.13 bits per heavy atom. The van der Waals surface area contributed by atoms with Crippen molar-refractivity contribution in [1.29, 1.82) is 0 Å². The van der Waals surface area contributed by atoms with Gasteiger partial charge in [0, 0.05) is 19.4 Å². The molecule has 3 aromatic rings. The average molecular weight is 533 g/mol. The highest BCUT2D eigenvalue weighted by Gasteiger charge is 2.48. The Labute approximate surface area is 216 Å². The zero-order valence-electron chi connectivity index (χ0n) is 20.7. The zero-order chi connectivity index (χ0) is 27.0. The number of fused-ring (bicyclic) bond motifs is 1. The molecule has 0 aliphatic heterocycles. The van der Waals surface area contributed by atoms with Crippen LogP contribution in [0.1, 0.15) is 31.2 Å². The van der Waals surface area contributed by atoms with Crippen LogP contribution >= 0.6 is 0 Å². The summed E-state index contributed by atoms with van der Waals surface area (Å²) in [6.07, 6.45) is 4.17. The van der Waals surface area contributed by atoms with Gasteiger partial charge in [0.05, 0.1) is 18.3 Å². The fraction of sp³-hybridized carbons (Fsp3) is 0.462. The minimum Gasteiger partial charge on any atom is -0.356 e. The molecule has 2 fully saturated rings. The van der Waals surface area contributed by atoms with Crippen LogP contribution in [0.5, 0.6) is 0 Å². The number of amides is 2.